The first-order valence-corrected chi connectivity index (χ1v) is 10.4. The molecule has 1 fully saturated rings. The maximum absolute atomic E-state index is 13.0. The lowest BCUT2D eigenvalue weighted by Crippen LogP contribution is -2.51. The van der Waals surface area contributed by atoms with E-state index in [1.807, 2.05) is 0 Å². The van der Waals surface area contributed by atoms with Gasteiger partial charge in [0.05, 0.1) is 13.2 Å². The molecule has 10 heteroatoms. The van der Waals surface area contributed by atoms with E-state index >= 15 is 0 Å². The zero-order valence-electron chi connectivity index (χ0n) is 17.3. The van der Waals surface area contributed by atoms with Crippen molar-refractivity contribution in [2.45, 2.75) is 32.2 Å². The second-order valence-electron chi connectivity index (χ2n) is 8.05. The minimum absolute atomic E-state index is 0.0415. The van der Waals surface area contributed by atoms with E-state index in [0.29, 0.717) is 18.8 Å². The number of pyridine rings is 1. The normalized spacial score (nSPS) is 20.7. The summed E-state index contributed by atoms with van der Waals surface area (Å²) in [7, 11) is 0. The molecule has 2 atom stereocenters. The van der Waals surface area contributed by atoms with Crippen LogP contribution in [0.1, 0.15) is 39.3 Å². The van der Waals surface area contributed by atoms with Crippen molar-refractivity contribution in [1.29, 1.82) is 0 Å². The molecule has 0 radical (unpaired) electrons. The lowest BCUT2D eigenvalue weighted by atomic mass is 10.0. The number of carbonyl (C=O) groups excluding carboxylic acids is 2. The number of aliphatic hydroxyl groups is 1. The highest BCUT2D eigenvalue weighted by Crippen LogP contribution is 2.25. The summed E-state index contributed by atoms with van der Waals surface area (Å²) in [5.74, 6) is -2.62. The number of aliphatic hydroxyl groups excluding tert-OH is 1. The quantitative estimate of drug-likeness (QED) is 0.627. The summed E-state index contributed by atoms with van der Waals surface area (Å²) in [5.41, 5.74) is -0.969. The van der Waals surface area contributed by atoms with Crippen molar-refractivity contribution in [2.24, 2.45) is 5.92 Å². The monoisotopic (exact) mass is 445 g/mol. The van der Waals surface area contributed by atoms with Crippen molar-refractivity contribution in [3.8, 4) is 5.75 Å². The topological polar surface area (TPSA) is 121 Å². The summed E-state index contributed by atoms with van der Waals surface area (Å²) in [6.45, 7) is 1.33. The van der Waals surface area contributed by atoms with Gasteiger partial charge in [0.1, 0.15) is 17.6 Å². The van der Waals surface area contributed by atoms with E-state index in [9.17, 15) is 29.0 Å². The van der Waals surface area contributed by atoms with Crippen LogP contribution >= 0.6 is 0 Å². The summed E-state index contributed by atoms with van der Waals surface area (Å²) in [6.07, 6.45) is 1.71. The molecule has 2 unspecified atom stereocenters. The van der Waals surface area contributed by atoms with Gasteiger partial charge in [0.2, 0.25) is 5.43 Å². The van der Waals surface area contributed by atoms with Gasteiger partial charge in [-0.25, -0.2) is 4.39 Å². The molecular weight excluding hydrogens is 421 g/mol. The fourth-order valence-corrected chi connectivity index (χ4v) is 4.04. The van der Waals surface area contributed by atoms with E-state index in [1.54, 1.807) is 0 Å². The molecule has 3 heterocycles. The Bertz CT molecular complexity index is 1080. The van der Waals surface area contributed by atoms with Crippen LogP contribution < -0.4 is 10.7 Å². The second-order valence-corrected chi connectivity index (χ2v) is 8.05. The third kappa shape index (κ3) is 4.37. The fourth-order valence-electron chi connectivity index (χ4n) is 4.04. The largest absolute Gasteiger partial charge is 0.503 e. The molecule has 2 aliphatic heterocycles. The molecule has 32 heavy (non-hydrogen) atoms. The van der Waals surface area contributed by atoms with Crippen LogP contribution in [0.5, 0.6) is 5.75 Å². The number of nitrogens with zero attached hydrogens (tertiary/aromatic N) is 2. The van der Waals surface area contributed by atoms with Crippen LogP contribution in [0.3, 0.4) is 0 Å². The standard InChI is InChI=1S/C22H24FN3O6/c23-15-5-3-13(4-6-15)8-24-21(30)16-10-25-11-17(27)26(9-14-2-1-7-32-12-14)22(31)18(25)20(29)19(16)28/h3-6,10,14,17,27,29H,1-2,7-9,11-12H2,(H,24,30). The number of carbonyl (C=O) groups is 2. The van der Waals surface area contributed by atoms with Gasteiger partial charge in [-0.1, -0.05) is 12.1 Å². The minimum atomic E-state index is -1.17. The van der Waals surface area contributed by atoms with Gasteiger partial charge in [0.15, 0.2) is 11.4 Å². The molecule has 2 amide bonds. The maximum Gasteiger partial charge on any atom is 0.276 e. The van der Waals surface area contributed by atoms with E-state index in [0.717, 1.165) is 12.8 Å². The number of fused-ring (bicyclic) bond motifs is 1. The van der Waals surface area contributed by atoms with E-state index < -0.39 is 35.0 Å². The van der Waals surface area contributed by atoms with Gasteiger partial charge in [-0.05, 0) is 30.5 Å². The van der Waals surface area contributed by atoms with Crippen molar-refractivity contribution < 1.29 is 28.9 Å². The lowest BCUT2D eigenvalue weighted by Gasteiger charge is -2.37. The molecule has 2 aromatic rings. The first-order chi connectivity index (χ1) is 15.3. The molecule has 4 rings (SSSR count). The minimum Gasteiger partial charge on any atom is -0.503 e. The van der Waals surface area contributed by atoms with Gasteiger partial charge < -0.3 is 29.7 Å². The molecule has 0 bridgehead atoms. The Kier molecular flexibility index (Phi) is 6.24. The van der Waals surface area contributed by atoms with Gasteiger partial charge >= 0.3 is 0 Å². The fraction of sp³-hybridized carbons (Fsp3) is 0.409. The van der Waals surface area contributed by atoms with Gasteiger partial charge in [-0.15, -0.1) is 0 Å². The Morgan fingerprint density at radius 2 is 2.00 bits per heavy atom. The Balaban J connectivity index is 1.54. The Morgan fingerprint density at radius 1 is 1.25 bits per heavy atom. The molecule has 2 aliphatic rings. The predicted molar refractivity (Wildman–Crippen MR) is 111 cm³/mol. The first kappa shape index (κ1) is 22.0. The van der Waals surface area contributed by atoms with Crippen molar-refractivity contribution in [3.63, 3.8) is 0 Å². The summed E-state index contributed by atoms with van der Waals surface area (Å²) in [6, 6.07) is 5.49. The lowest BCUT2D eigenvalue weighted by molar-refractivity contribution is -0.0332. The molecule has 0 spiro atoms. The van der Waals surface area contributed by atoms with Crippen LogP contribution in [0.25, 0.3) is 0 Å². The van der Waals surface area contributed by atoms with Crippen molar-refractivity contribution >= 4 is 11.8 Å². The molecule has 0 aliphatic carbocycles. The third-order valence-electron chi connectivity index (χ3n) is 5.76. The summed E-state index contributed by atoms with van der Waals surface area (Å²) in [4.78, 5) is 39.4. The van der Waals surface area contributed by atoms with Crippen LogP contribution in [0.15, 0.2) is 35.3 Å². The summed E-state index contributed by atoms with van der Waals surface area (Å²) >= 11 is 0. The van der Waals surface area contributed by atoms with E-state index in [4.69, 9.17) is 4.74 Å². The number of hydrogen-bond acceptors (Lipinski definition) is 6. The number of aromatic hydroxyl groups is 1. The number of halogens is 1. The highest BCUT2D eigenvalue weighted by Gasteiger charge is 2.36. The molecule has 1 aromatic heterocycles. The third-order valence-corrected chi connectivity index (χ3v) is 5.76. The summed E-state index contributed by atoms with van der Waals surface area (Å²) in [5, 5.41) is 23.5. The molecule has 0 saturated carbocycles. The van der Waals surface area contributed by atoms with Gasteiger partial charge in [0.25, 0.3) is 11.8 Å². The average Bonchev–Trinajstić information content (AvgIpc) is 2.79. The van der Waals surface area contributed by atoms with E-state index in [-0.39, 0.29) is 36.8 Å². The van der Waals surface area contributed by atoms with E-state index in [2.05, 4.69) is 5.32 Å². The molecular formula is C22H24FN3O6. The number of ether oxygens (including phenoxy) is 1. The van der Waals surface area contributed by atoms with Crippen molar-refractivity contribution in [2.75, 3.05) is 19.8 Å². The van der Waals surface area contributed by atoms with Crippen LogP contribution in [0.4, 0.5) is 4.39 Å². The van der Waals surface area contributed by atoms with Crippen LogP contribution in [-0.4, -0.2) is 57.5 Å². The zero-order valence-corrected chi connectivity index (χ0v) is 17.3. The highest BCUT2D eigenvalue weighted by molar-refractivity contribution is 5.99. The van der Waals surface area contributed by atoms with Crippen LogP contribution in [0, 0.1) is 11.7 Å². The van der Waals surface area contributed by atoms with Gasteiger partial charge in [-0.3, -0.25) is 14.4 Å². The SMILES string of the molecule is O=C(NCc1ccc(F)cc1)c1cn2c(c(O)c1=O)C(=O)N(CC1CCCOC1)C(O)C2. The number of amides is 2. The highest BCUT2D eigenvalue weighted by atomic mass is 19.1. The first-order valence-electron chi connectivity index (χ1n) is 10.4. The molecule has 1 aromatic carbocycles. The molecule has 9 nitrogen and oxygen atoms in total. The van der Waals surface area contributed by atoms with Crippen molar-refractivity contribution in [1.82, 2.24) is 14.8 Å². The number of nitrogens with one attached hydrogen (secondary N) is 1. The van der Waals surface area contributed by atoms with Crippen molar-refractivity contribution in [3.05, 3.63) is 63.3 Å². The Morgan fingerprint density at radius 3 is 2.69 bits per heavy atom. The number of aromatic nitrogens is 1. The average molecular weight is 445 g/mol. The smallest absolute Gasteiger partial charge is 0.276 e. The molecule has 3 N–H and O–H groups in total. The second kappa shape index (κ2) is 9.09. The zero-order chi connectivity index (χ0) is 22.8. The Labute approximate surface area is 183 Å². The van der Waals surface area contributed by atoms with Gasteiger partial charge in [-0.2, -0.15) is 0 Å². The summed E-state index contributed by atoms with van der Waals surface area (Å²) < 4.78 is 19.7. The van der Waals surface area contributed by atoms with Crippen LogP contribution in [-0.2, 0) is 17.8 Å². The molecule has 170 valence electrons. The maximum atomic E-state index is 13.0. The van der Waals surface area contributed by atoms with Crippen LogP contribution in [0.2, 0.25) is 0 Å². The number of hydrogen-bond donors (Lipinski definition) is 3. The molecule has 1 saturated heterocycles. The van der Waals surface area contributed by atoms with Gasteiger partial charge in [0, 0.05) is 31.8 Å². The predicted octanol–water partition coefficient (Wildman–Crippen LogP) is 0.824. The number of benzene rings is 1. The van der Waals surface area contributed by atoms with E-state index in [1.165, 1.54) is 39.9 Å². The number of rotatable bonds is 5. The Hall–Kier alpha value is -3.24.